The van der Waals surface area contributed by atoms with Gasteiger partial charge in [0.25, 0.3) is 0 Å². The maximum atomic E-state index is 14.3. The minimum Gasteiger partial charge on any atom is -0.494 e. The fourth-order valence-corrected chi connectivity index (χ4v) is 11.1. The summed E-state index contributed by atoms with van der Waals surface area (Å²) in [5.74, 6) is 0.129. The molecule has 2 saturated heterocycles. The van der Waals surface area contributed by atoms with Crippen LogP contribution in [0.25, 0.3) is 10.4 Å². The van der Waals surface area contributed by atoms with Gasteiger partial charge < -0.3 is 40.2 Å². The Morgan fingerprint density at radius 3 is 2.36 bits per heavy atom. The molecule has 15 nitrogen and oxygen atoms in total. The SMILES string of the molecule is COc1cc(N2CCN(CCCCC(=O)N[C@H](C(=O)N3C[C@H](O)C[C@H]3C(=O)[C@@H](C)c3ccc(-c4scnc4C)cc3)C(C)(C)C)CC2)ccc1Nc1ncc(Cl)c(Nc2ccccc2P(C)(C)=O)n1. The number of hydrogen-bond acceptors (Lipinski definition) is 14. The fourth-order valence-electron chi connectivity index (χ4n) is 8.97. The number of ketones is 1. The molecule has 2 fully saturated rings. The lowest BCUT2D eigenvalue weighted by Crippen LogP contribution is -2.57. The number of halogens is 1. The largest absolute Gasteiger partial charge is 0.494 e. The second-order valence-corrected chi connectivity index (χ2v) is 23.9. The first-order chi connectivity index (χ1) is 32.8. The number of para-hydroxylation sites is 1. The predicted molar refractivity (Wildman–Crippen MR) is 278 cm³/mol. The molecule has 7 rings (SSSR count). The van der Waals surface area contributed by atoms with Crippen molar-refractivity contribution in [3.05, 3.63) is 94.7 Å². The van der Waals surface area contributed by atoms with Crippen molar-refractivity contribution in [1.29, 1.82) is 0 Å². The van der Waals surface area contributed by atoms with Crippen molar-refractivity contribution in [1.82, 2.24) is 30.1 Å². The molecule has 2 aromatic heterocycles. The van der Waals surface area contributed by atoms with Crippen molar-refractivity contribution in [3.63, 3.8) is 0 Å². The van der Waals surface area contributed by atoms with E-state index < -0.39 is 36.7 Å². The van der Waals surface area contributed by atoms with Crippen LogP contribution in [0.1, 0.15) is 70.6 Å². The van der Waals surface area contributed by atoms with E-state index >= 15 is 0 Å². The Labute approximate surface area is 414 Å². The van der Waals surface area contributed by atoms with E-state index in [1.54, 1.807) is 31.8 Å². The van der Waals surface area contributed by atoms with E-state index in [4.69, 9.17) is 16.3 Å². The molecule has 4 atom stereocenters. The number of nitrogens with one attached hydrogen (secondary N) is 3. The number of aromatic nitrogens is 3. The average Bonchev–Trinajstić information content (AvgIpc) is 3.94. The number of methoxy groups -OCH3 is 1. The Morgan fingerprint density at radius 2 is 1.70 bits per heavy atom. The maximum absolute atomic E-state index is 14.3. The fraction of sp³-hybridized carbons (Fsp3) is 0.451. The van der Waals surface area contributed by atoms with Crippen molar-refractivity contribution in [2.24, 2.45) is 5.41 Å². The Morgan fingerprint density at radius 1 is 0.971 bits per heavy atom. The zero-order valence-electron chi connectivity index (χ0n) is 40.8. The third kappa shape index (κ3) is 12.7. The number of unbranched alkanes of at least 4 members (excludes halogenated alkanes) is 1. The van der Waals surface area contributed by atoms with E-state index in [0.29, 0.717) is 45.6 Å². The first-order valence-corrected chi connectivity index (χ1v) is 27.3. The van der Waals surface area contributed by atoms with Crippen LogP contribution >= 0.6 is 30.1 Å². The molecular formula is C51H65ClN9O6PS. The molecule has 368 valence electrons. The van der Waals surface area contributed by atoms with Crippen molar-refractivity contribution >= 4 is 81.8 Å². The lowest BCUT2D eigenvalue weighted by Gasteiger charge is -2.36. The van der Waals surface area contributed by atoms with Gasteiger partial charge in [0.15, 0.2) is 11.6 Å². The van der Waals surface area contributed by atoms with Crippen molar-refractivity contribution in [2.45, 2.75) is 84.4 Å². The lowest BCUT2D eigenvalue weighted by atomic mass is 9.85. The average molecular weight is 999 g/mol. The highest BCUT2D eigenvalue weighted by Crippen LogP contribution is 2.39. The number of thiazole rings is 1. The number of likely N-dealkylation sites (tertiary alicyclic amines) is 1. The Kier molecular flexibility index (Phi) is 16.5. The van der Waals surface area contributed by atoms with Crippen LogP contribution in [-0.2, 0) is 18.9 Å². The van der Waals surface area contributed by atoms with Gasteiger partial charge >= 0.3 is 0 Å². The number of Topliss-reactive ketones (excluding diaryl/α,β-unsaturated/α-hetero) is 1. The zero-order chi connectivity index (χ0) is 49.6. The minimum absolute atomic E-state index is 0.0400. The smallest absolute Gasteiger partial charge is 0.246 e. The number of aliphatic hydroxyl groups excluding tert-OH is 1. The molecule has 0 bridgehead atoms. The number of aryl methyl sites for hydroxylation is 1. The molecule has 0 spiro atoms. The molecule has 4 N–H and O–H groups in total. The molecule has 0 aliphatic carbocycles. The molecule has 2 aliphatic rings. The van der Waals surface area contributed by atoms with E-state index in [1.807, 2.05) is 107 Å². The molecule has 18 heteroatoms. The van der Waals surface area contributed by atoms with Crippen LogP contribution < -0.4 is 30.9 Å². The number of nitrogens with zero attached hydrogens (tertiary/aromatic N) is 6. The Bertz CT molecular complexity index is 2660. The summed E-state index contributed by atoms with van der Waals surface area (Å²) in [7, 11) is -0.950. The molecule has 0 saturated carbocycles. The molecule has 4 heterocycles. The maximum Gasteiger partial charge on any atom is 0.246 e. The van der Waals surface area contributed by atoms with E-state index in [-0.39, 0.29) is 37.0 Å². The first-order valence-electron chi connectivity index (χ1n) is 23.5. The van der Waals surface area contributed by atoms with Crippen LogP contribution in [0.15, 0.2) is 78.4 Å². The Balaban J connectivity index is 0.875. The zero-order valence-corrected chi connectivity index (χ0v) is 43.3. The normalized spacial score (nSPS) is 17.6. The number of carbonyl (C=O) groups excluding carboxylic acids is 3. The number of piperazine rings is 1. The van der Waals surface area contributed by atoms with Crippen LogP contribution in [0.3, 0.4) is 0 Å². The van der Waals surface area contributed by atoms with Crippen molar-refractivity contribution in [3.8, 4) is 16.2 Å². The topological polar surface area (TPSA) is 182 Å². The standard InChI is InChI=1S/C51H65ClN9O6PS/c1-32(34-16-18-35(19-17-34)46-33(2)54-31-69-46)45(64)41-28-37(62)30-61(41)49(65)47(51(3,4)5)57-44(63)15-11-12-22-59-23-25-60(26-24-59)36-20-21-39(42(27-36)67-6)56-50-53-29-38(52)48(58-50)55-40-13-9-10-14-43(40)68(7,8)66/h9-10,13-14,16-21,27,29,31-32,37,41,47,62H,11-12,15,22-26,28,30H2,1-8H3,(H,57,63)(H2,53,55,56,58)/t32-,37+,41-,47+/m0/s1. The summed E-state index contributed by atoms with van der Waals surface area (Å²) in [5.41, 5.74) is 6.39. The first kappa shape index (κ1) is 51.5. The van der Waals surface area contributed by atoms with Crippen molar-refractivity contribution in [2.75, 3.05) is 75.2 Å². The molecular weight excluding hydrogens is 933 g/mol. The number of ether oxygens (including phenoxy) is 1. The summed E-state index contributed by atoms with van der Waals surface area (Å²) in [6, 6.07) is 19.6. The van der Waals surface area contributed by atoms with Crippen LogP contribution in [0.5, 0.6) is 5.75 Å². The second-order valence-electron chi connectivity index (χ2n) is 19.5. The van der Waals surface area contributed by atoms with E-state index in [0.717, 1.165) is 66.5 Å². The highest BCUT2D eigenvalue weighted by atomic mass is 35.5. The quantitative estimate of drug-likeness (QED) is 0.0485. The molecule has 2 aliphatic heterocycles. The summed E-state index contributed by atoms with van der Waals surface area (Å²) in [4.78, 5) is 62.3. The number of β-amino-alcohol motifs (C(OH)–C–C–N with tert-alkyl or cyclic N) is 1. The monoisotopic (exact) mass is 997 g/mol. The van der Waals surface area contributed by atoms with Crippen LogP contribution in [0.4, 0.5) is 28.8 Å². The van der Waals surface area contributed by atoms with Crippen LogP contribution in [0.2, 0.25) is 5.02 Å². The number of aliphatic hydroxyl groups is 1. The number of benzene rings is 3. The van der Waals surface area contributed by atoms with Crippen LogP contribution in [0, 0.1) is 12.3 Å². The highest BCUT2D eigenvalue weighted by molar-refractivity contribution is 7.70. The molecule has 3 aromatic carbocycles. The molecule has 69 heavy (non-hydrogen) atoms. The molecule has 0 unspecified atom stereocenters. The van der Waals surface area contributed by atoms with Gasteiger partial charge in [-0.05, 0) is 80.4 Å². The summed E-state index contributed by atoms with van der Waals surface area (Å²) in [5, 5.41) is 21.3. The number of rotatable bonds is 18. The highest BCUT2D eigenvalue weighted by Gasteiger charge is 2.45. The van der Waals surface area contributed by atoms with E-state index in [1.165, 1.54) is 11.1 Å². The third-order valence-electron chi connectivity index (χ3n) is 12.9. The van der Waals surface area contributed by atoms with Gasteiger partial charge in [-0.25, -0.2) is 9.97 Å². The number of anilines is 5. The van der Waals surface area contributed by atoms with Gasteiger partial charge in [0.05, 0.1) is 52.9 Å². The third-order valence-corrected chi connectivity index (χ3v) is 15.7. The molecule has 0 radical (unpaired) electrons. The molecule has 2 amide bonds. The summed E-state index contributed by atoms with van der Waals surface area (Å²) >= 11 is 8.06. The minimum atomic E-state index is -2.57. The summed E-state index contributed by atoms with van der Waals surface area (Å²) in [6.07, 6.45) is 2.59. The van der Waals surface area contributed by atoms with Gasteiger partial charge in [-0.3, -0.25) is 19.3 Å². The number of carbonyl (C=O) groups is 3. The van der Waals surface area contributed by atoms with Crippen molar-refractivity contribution < 1.29 is 28.8 Å². The van der Waals surface area contributed by atoms with Gasteiger partial charge in [0, 0.05) is 68.5 Å². The lowest BCUT2D eigenvalue weighted by molar-refractivity contribution is -0.143. The van der Waals surface area contributed by atoms with E-state index in [9.17, 15) is 24.1 Å². The second kappa shape index (κ2) is 22.1. The van der Waals surface area contributed by atoms with Gasteiger partial charge in [-0.1, -0.05) is 75.7 Å². The van der Waals surface area contributed by atoms with Gasteiger partial charge in [0.1, 0.15) is 24.0 Å². The molecule has 5 aromatic rings. The van der Waals surface area contributed by atoms with E-state index in [2.05, 4.69) is 40.7 Å². The van der Waals surface area contributed by atoms with Gasteiger partial charge in [0.2, 0.25) is 17.8 Å². The van der Waals surface area contributed by atoms with Gasteiger partial charge in [-0.15, -0.1) is 11.3 Å². The number of hydrogen-bond donors (Lipinski definition) is 4. The summed E-state index contributed by atoms with van der Waals surface area (Å²) < 4.78 is 18.7. The predicted octanol–water partition coefficient (Wildman–Crippen LogP) is 8.46. The summed E-state index contributed by atoms with van der Waals surface area (Å²) in [6.45, 7) is 17.2. The number of amides is 2. The van der Waals surface area contributed by atoms with Gasteiger partial charge in [-0.2, -0.15) is 4.98 Å². The van der Waals surface area contributed by atoms with Crippen LogP contribution in [-0.4, -0.2) is 125 Å². The Hall–Kier alpha value is -5.38.